The Hall–Kier alpha value is -3.58. The van der Waals surface area contributed by atoms with Crippen LogP contribution >= 0.6 is 0 Å². The molecule has 1 unspecified atom stereocenters. The highest BCUT2D eigenvalue weighted by molar-refractivity contribution is 5.84. The zero-order valence-electron chi connectivity index (χ0n) is 17.2. The number of fused-ring (bicyclic) bond motifs is 1. The van der Waals surface area contributed by atoms with Crippen molar-refractivity contribution in [2.24, 2.45) is 0 Å². The van der Waals surface area contributed by atoms with Gasteiger partial charge < -0.3 is 14.8 Å². The summed E-state index contributed by atoms with van der Waals surface area (Å²) in [5, 5.41) is 9.79. The molecule has 1 heterocycles. The van der Waals surface area contributed by atoms with E-state index in [9.17, 15) is 18.3 Å². The number of aliphatic hydroxyl groups excluding tert-OH is 1. The average molecular weight is 438 g/mol. The minimum atomic E-state index is -4.71. The van der Waals surface area contributed by atoms with Crippen LogP contribution in [-0.4, -0.2) is 27.5 Å². The number of alkyl halides is 3. The maximum atomic E-state index is 12.3. The minimum absolute atomic E-state index is 0.262. The van der Waals surface area contributed by atoms with Gasteiger partial charge in [0.2, 0.25) is 0 Å². The van der Waals surface area contributed by atoms with Crippen molar-refractivity contribution < 1.29 is 23.0 Å². The van der Waals surface area contributed by atoms with Crippen molar-refractivity contribution in [1.29, 1.82) is 0 Å². The number of hydrogen-bond acceptors (Lipinski definition) is 3. The van der Waals surface area contributed by atoms with E-state index in [1.54, 1.807) is 19.1 Å². The van der Waals surface area contributed by atoms with Crippen molar-refractivity contribution in [2.75, 3.05) is 0 Å². The van der Waals surface area contributed by atoms with Gasteiger partial charge in [-0.05, 0) is 65.9 Å². The molecule has 4 nitrogen and oxygen atoms in total. The Bertz CT molecular complexity index is 1240. The molecule has 0 fully saturated rings. The molecule has 4 aromatic rings. The molecule has 0 aliphatic rings. The Kier molecular flexibility index (Phi) is 6.01. The zero-order valence-corrected chi connectivity index (χ0v) is 17.2. The quantitative estimate of drug-likeness (QED) is 0.376. The molecule has 0 saturated heterocycles. The molecule has 0 radical (unpaired) electrons. The van der Waals surface area contributed by atoms with E-state index >= 15 is 0 Å². The molecule has 1 atom stereocenters. The number of H-pyrrole nitrogens is 1. The molecular formula is C25H21F3N2O2. The first kappa shape index (κ1) is 21.6. The third-order valence-electron chi connectivity index (χ3n) is 4.89. The third kappa shape index (κ3) is 5.36. The molecule has 0 bridgehead atoms. The predicted molar refractivity (Wildman–Crippen MR) is 119 cm³/mol. The molecule has 0 aliphatic heterocycles. The van der Waals surface area contributed by atoms with Crippen molar-refractivity contribution >= 4 is 23.2 Å². The van der Waals surface area contributed by atoms with Crippen molar-refractivity contribution in [1.82, 2.24) is 9.97 Å². The first-order valence-corrected chi connectivity index (χ1v) is 10.1. The normalized spacial score (nSPS) is 13.0. The van der Waals surface area contributed by atoms with Gasteiger partial charge in [-0.25, -0.2) is 4.98 Å². The summed E-state index contributed by atoms with van der Waals surface area (Å²) in [6.45, 7) is 1.77. The SMILES string of the molecule is CC(O)Cc1ccccc1-c1ccc2nc(C=Cc3ccc(OC(F)(F)F)cc3)[nH]c2c1. The van der Waals surface area contributed by atoms with E-state index in [0.717, 1.165) is 27.7 Å². The van der Waals surface area contributed by atoms with Crippen LogP contribution in [0.3, 0.4) is 0 Å². The fraction of sp³-hybridized carbons (Fsp3) is 0.160. The zero-order chi connectivity index (χ0) is 22.7. The van der Waals surface area contributed by atoms with E-state index in [1.165, 1.54) is 24.3 Å². The van der Waals surface area contributed by atoms with Crippen LogP contribution in [0.15, 0.2) is 66.7 Å². The predicted octanol–water partition coefficient (Wildman–Crippen LogP) is 6.22. The fourth-order valence-corrected chi connectivity index (χ4v) is 3.53. The van der Waals surface area contributed by atoms with E-state index in [0.29, 0.717) is 17.8 Å². The first-order chi connectivity index (χ1) is 15.3. The Morgan fingerprint density at radius 1 is 1.03 bits per heavy atom. The van der Waals surface area contributed by atoms with Gasteiger partial charge >= 0.3 is 6.36 Å². The smallest absolute Gasteiger partial charge is 0.406 e. The Labute approximate surface area is 183 Å². The summed E-state index contributed by atoms with van der Waals surface area (Å²) in [6.07, 6.45) is -1.05. The van der Waals surface area contributed by atoms with E-state index < -0.39 is 12.5 Å². The van der Waals surface area contributed by atoms with E-state index in [2.05, 4.69) is 14.7 Å². The number of aliphatic hydroxyl groups is 1. The van der Waals surface area contributed by atoms with Crippen molar-refractivity contribution in [3.63, 3.8) is 0 Å². The largest absolute Gasteiger partial charge is 0.573 e. The summed E-state index contributed by atoms with van der Waals surface area (Å²) in [4.78, 5) is 7.80. The van der Waals surface area contributed by atoms with Gasteiger partial charge in [0.1, 0.15) is 11.6 Å². The van der Waals surface area contributed by atoms with Crippen molar-refractivity contribution in [3.8, 4) is 16.9 Å². The second-order valence-electron chi connectivity index (χ2n) is 7.51. The van der Waals surface area contributed by atoms with Gasteiger partial charge in [0.05, 0.1) is 17.1 Å². The number of halogens is 3. The van der Waals surface area contributed by atoms with Crippen LogP contribution in [0.1, 0.15) is 23.9 Å². The third-order valence-corrected chi connectivity index (χ3v) is 4.89. The van der Waals surface area contributed by atoms with E-state index in [1.807, 2.05) is 42.5 Å². The lowest BCUT2D eigenvalue weighted by Gasteiger charge is -2.11. The molecule has 0 aliphatic carbocycles. The fourth-order valence-electron chi connectivity index (χ4n) is 3.53. The highest BCUT2D eigenvalue weighted by Crippen LogP contribution is 2.28. The molecule has 3 aromatic carbocycles. The second-order valence-corrected chi connectivity index (χ2v) is 7.51. The lowest BCUT2D eigenvalue weighted by Crippen LogP contribution is -2.16. The molecular weight excluding hydrogens is 417 g/mol. The maximum absolute atomic E-state index is 12.3. The molecule has 2 N–H and O–H groups in total. The molecule has 7 heteroatoms. The van der Waals surface area contributed by atoms with Gasteiger partial charge in [0.25, 0.3) is 0 Å². The number of aromatic amines is 1. The minimum Gasteiger partial charge on any atom is -0.406 e. The number of hydrogen-bond donors (Lipinski definition) is 2. The highest BCUT2D eigenvalue weighted by atomic mass is 19.4. The molecule has 1 aromatic heterocycles. The molecule has 0 amide bonds. The summed E-state index contributed by atoms with van der Waals surface area (Å²) >= 11 is 0. The Balaban J connectivity index is 1.55. The van der Waals surface area contributed by atoms with E-state index in [4.69, 9.17) is 0 Å². The number of ether oxygens (including phenoxy) is 1. The number of benzene rings is 3. The van der Waals surface area contributed by atoms with Gasteiger partial charge in [-0.2, -0.15) is 0 Å². The lowest BCUT2D eigenvalue weighted by atomic mass is 9.96. The summed E-state index contributed by atoms with van der Waals surface area (Å²) in [5.41, 5.74) is 5.53. The Morgan fingerprint density at radius 2 is 1.78 bits per heavy atom. The number of rotatable bonds is 6. The van der Waals surface area contributed by atoms with Gasteiger partial charge in [0.15, 0.2) is 0 Å². The summed E-state index contributed by atoms with van der Waals surface area (Å²) in [5.74, 6) is 0.367. The second kappa shape index (κ2) is 8.88. The van der Waals surface area contributed by atoms with Crippen LogP contribution in [0.5, 0.6) is 5.75 Å². The standard InChI is InChI=1S/C25H21F3N2O2/c1-16(31)14-18-4-2-3-5-21(18)19-9-12-22-23(15-19)30-24(29-22)13-8-17-6-10-20(11-7-17)32-25(26,27)28/h2-13,15-16,31H,14H2,1H3,(H,29,30). The highest BCUT2D eigenvalue weighted by Gasteiger charge is 2.30. The van der Waals surface area contributed by atoms with Crippen LogP contribution in [0, 0.1) is 0 Å². The maximum Gasteiger partial charge on any atom is 0.573 e. The van der Waals surface area contributed by atoms with Crippen LogP contribution in [0.4, 0.5) is 13.2 Å². The first-order valence-electron chi connectivity index (χ1n) is 10.1. The lowest BCUT2D eigenvalue weighted by molar-refractivity contribution is -0.274. The summed E-state index contributed by atoms with van der Waals surface area (Å²) < 4.78 is 40.7. The molecule has 32 heavy (non-hydrogen) atoms. The number of nitrogens with zero attached hydrogens (tertiary/aromatic N) is 1. The molecule has 0 spiro atoms. The average Bonchev–Trinajstić information content (AvgIpc) is 3.14. The van der Waals surface area contributed by atoms with Crippen molar-refractivity contribution in [3.05, 3.63) is 83.7 Å². The van der Waals surface area contributed by atoms with Gasteiger partial charge in [0, 0.05) is 0 Å². The van der Waals surface area contributed by atoms with Crippen LogP contribution in [0.2, 0.25) is 0 Å². The molecule has 164 valence electrons. The number of nitrogens with one attached hydrogen (secondary N) is 1. The van der Waals surface area contributed by atoms with Crippen LogP contribution in [-0.2, 0) is 6.42 Å². The summed E-state index contributed by atoms with van der Waals surface area (Å²) in [6, 6.07) is 19.5. The van der Waals surface area contributed by atoms with Crippen molar-refractivity contribution in [2.45, 2.75) is 25.8 Å². The monoisotopic (exact) mass is 438 g/mol. The Morgan fingerprint density at radius 3 is 2.50 bits per heavy atom. The van der Waals surface area contributed by atoms with Crippen LogP contribution < -0.4 is 4.74 Å². The molecule has 0 saturated carbocycles. The topological polar surface area (TPSA) is 58.1 Å². The number of aromatic nitrogens is 2. The van der Waals surface area contributed by atoms with E-state index in [-0.39, 0.29) is 5.75 Å². The van der Waals surface area contributed by atoms with Gasteiger partial charge in [-0.1, -0.05) is 48.5 Å². The van der Waals surface area contributed by atoms with Gasteiger partial charge in [-0.15, -0.1) is 13.2 Å². The molecule has 4 rings (SSSR count). The number of imidazole rings is 1. The van der Waals surface area contributed by atoms with Crippen LogP contribution in [0.25, 0.3) is 34.3 Å². The van der Waals surface area contributed by atoms with Gasteiger partial charge in [-0.3, -0.25) is 0 Å². The summed E-state index contributed by atoms with van der Waals surface area (Å²) in [7, 11) is 0.